The van der Waals surface area contributed by atoms with Gasteiger partial charge >= 0.3 is 5.97 Å². The highest BCUT2D eigenvalue weighted by Crippen LogP contribution is 2.27. The number of carbonyl (C=O) groups is 2. The minimum absolute atomic E-state index is 0.263. The van der Waals surface area contributed by atoms with Crippen molar-refractivity contribution in [2.24, 2.45) is 5.92 Å². The molecule has 0 aromatic rings. The summed E-state index contributed by atoms with van der Waals surface area (Å²) in [5.41, 5.74) is 0. The second-order valence-corrected chi connectivity index (χ2v) is 5.64. The molecule has 0 radical (unpaired) electrons. The number of nitrogens with one attached hydrogen (secondary N) is 1. The van der Waals surface area contributed by atoms with E-state index in [-0.39, 0.29) is 5.91 Å². The lowest BCUT2D eigenvalue weighted by atomic mass is 9.85. The normalized spacial score (nSPS) is 26.0. The number of hydrogen-bond donors (Lipinski definition) is 2. The molecule has 108 valence electrons. The molecule has 2 rings (SSSR count). The largest absolute Gasteiger partial charge is 0.480 e. The molecular formula is C14H23NO4. The molecule has 2 atom stereocenters. The molecular weight excluding hydrogens is 246 g/mol. The summed E-state index contributed by atoms with van der Waals surface area (Å²) < 4.78 is 5.28. The fourth-order valence-corrected chi connectivity index (χ4v) is 3.03. The Kier molecular flexibility index (Phi) is 5.19. The van der Waals surface area contributed by atoms with Crippen molar-refractivity contribution >= 4 is 11.9 Å². The van der Waals surface area contributed by atoms with Crippen LogP contribution in [0.5, 0.6) is 0 Å². The minimum atomic E-state index is -0.933. The second-order valence-electron chi connectivity index (χ2n) is 5.64. The molecule has 0 bridgehead atoms. The smallest absolute Gasteiger partial charge is 0.326 e. The number of hydrogen-bond acceptors (Lipinski definition) is 3. The Morgan fingerprint density at radius 3 is 2.47 bits per heavy atom. The molecule has 5 nitrogen and oxygen atoms in total. The number of ether oxygens (including phenoxy) is 1. The summed E-state index contributed by atoms with van der Waals surface area (Å²) in [7, 11) is 0. The molecule has 1 aliphatic carbocycles. The zero-order valence-corrected chi connectivity index (χ0v) is 11.3. The first-order valence-corrected chi connectivity index (χ1v) is 7.31. The average Bonchev–Trinajstić information content (AvgIpc) is 2.93. The average molecular weight is 269 g/mol. The Bertz CT molecular complexity index is 319. The number of carboxylic acids is 1. The molecule has 2 N–H and O–H groups in total. The molecule has 2 fully saturated rings. The van der Waals surface area contributed by atoms with Gasteiger partial charge in [-0.3, -0.25) is 4.79 Å². The molecule has 1 saturated heterocycles. The summed E-state index contributed by atoms with van der Waals surface area (Å²) in [6.07, 6.45) is 7.44. The lowest BCUT2D eigenvalue weighted by Gasteiger charge is -2.25. The van der Waals surface area contributed by atoms with Gasteiger partial charge < -0.3 is 15.2 Å². The number of aliphatic carboxylic acids is 1. The highest BCUT2D eigenvalue weighted by atomic mass is 16.5. The van der Waals surface area contributed by atoms with Gasteiger partial charge in [-0.1, -0.05) is 32.1 Å². The lowest BCUT2D eigenvalue weighted by Crippen LogP contribution is -2.46. The summed E-state index contributed by atoms with van der Waals surface area (Å²) >= 11 is 0. The SMILES string of the molecule is O=C(N[C@H](CC1CCCCC1)C(=O)O)C1CCCO1. The van der Waals surface area contributed by atoms with E-state index in [0.29, 0.717) is 25.4 Å². The van der Waals surface area contributed by atoms with E-state index in [9.17, 15) is 14.7 Å². The zero-order chi connectivity index (χ0) is 13.7. The molecule has 1 heterocycles. The van der Waals surface area contributed by atoms with Crippen LogP contribution in [0.15, 0.2) is 0 Å². The summed E-state index contributed by atoms with van der Waals surface area (Å²) in [6, 6.07) is -0.764. The van der Waals surface area contributed by atoms with Crippen molar-refractivity contribution in [1.82, 2.24) is 5.32 Å². The monoisotopic (exact) mass is 269 g/mol. The van der Waals surface area contributed by atoms with Crippen LogP contribution in [0.1, 0.15) is 51.4 Å². The topological polar surface area (TPSA) is 75.6 Å². The Hall–Kier alpha value is -1.10. The molecule has 2 aliphatic rings. The highest BCUT2D eigenvalue weighted by Gasteiger charge is 2.30. The van der Waals surface area contributed by atoms with Gasteiger partial charge in [0.1, 0.15) is 12.1 Å². The molecule has 5 heteroatoms. The molecule has 1 amide bonds. The predicted molar refractivity (Wildman–Crippen MR) is 69.7 cm³/mol. The number of carbonyl (C=O) groups excluding carboxylic acids is 1. The standard InChI is InChI=1S/C14H23NO4/c16-13(12-7-4-8-19-12)15-11(14(17)18)9-10-5-2-1-3-6-10/h10-12H,1-9H2,(H,15,16)(H,17,18)/t11-,12?/m1/s1. The summed E-state index contributed by atoms with van der Waals surface area (Å²) in [5, 5.41) is 11.9. The van der Waals surface area contributed by atoms with Gasteiger partial charge in [-0.2, -0.15) is 0 Å². The maximum absolute atomic E-state index is 11.9. The van der Waals surface area contributed by atoms with Gasteiger partial charge in [-0.15, -0.1) is 0 Å². The minimum Gasteiger partial charge on any atom is -0.480 e. The van der Waals surface area contributed by atoms with Crippen LogP contribution in [0.3, 0.4) is 0 Å². The van der Waals surface area contributed by atoms with Gasteiger partial charge in [0.05, 0.1) is 0 Å². The number of carboxylic acid groups (broad SMARTS) is 1. The Labute approximate surface area is 113 Å². The van der Waals surface area contributed by atoms with Crippen LogP contribution >= 0.6 is 0 Å². The molecule has 19 heavy (non-hydrogen) atoms. The van der Waals surface area contributed by atoms with Crippen molar-refractivity contribution in [2.75, 3.05) is 6.61 Å². The van der Waals surface area contributed by atoms with Crippen LogP contribution in [-0.4, -0.2) is 35.7 Å². The van der Waals surface area contributed by atoms with Crippen molar-refractivity contribution in [2.45, 2.75) is 63.5 Å². The fourth-order valence-electron chi connectivity index (χ4n) is 3.03. The molecule has 0 aromatic heterocycles. The van der Waals surface area contributed by atoms with Crippen LogP contribution in [0, 0.1) is 5.92 Å². The molecule has 0 spiro atoms. The van der Waals surface area contributed by atoms with E-state index in [1.807, 2.05) is 0 Å². The Balaban J connectivity index is 1.84. The van der Waals surface area contributed by atoms with Gasteiger partial charge in [0.2, 0.25) is 5.91 Å². The Morgan fingerprint density at radius 2 is 1.89 bits per heavy atom. The molecule has 1 saturated carbocycles. The first kappa shape index (κ1) is 14.3. The van der Waals surface area contributed by atoms with Crippen molar-refractivity contribution < 1.29 is 19.4 Å². The van der Waals surface area contributed by atoms with E-state index in [2.05, 4.69) is 5.32 Å². The second kappa shape index (κ2) is 6.89. The highest BCUT2D eigenvalue weighted by molar-refractivity contribution is 5.86. The van der Waals surface area contributed by atoms with Crippen molar-refractivity contribution in [3.63, 3.8) is 0 Å². The van der Waals surface area contributed by atoms with E-state index >= 15 is 0 Å². The molecule has 1 aliphatic heterocycles. The third-order valence-electron chi connectivity index (χ3n) is 4.13. The first-order valence-electron chi connectivity index (χ1n) is 7.31. The van der Waals surface area contributed by atoms with E-state index in [1.165, 1.54) is 19.3 Å². The van der Waals surface area contributed by atoms with Crippen molar-refractivity contribution in [3.8, 4) is 0 Å². The fraction of sp³-hybridized carbons (Fsp3) is 0.857. The van der Waals surface area contributed by atoms with Gasteiger partial charge in [-0.05, 0) is 25.2 Å². The van der Waals surface area contributed by atoms with E-state index in [0.717, 1.165) is 19.3 Å². The Morgan fingerprint density at radius 1 is 1.16 bits per heavy atom. The van der Waals surface area contributed by atoms with Crippen LogP contribution in [0.4, 0.5) is 0 Å². The quantitative estimate of drug-likeness (QED) is 0.796. The third kappa shape index (κ3) is 4.20. The van der Waals surface area contributed by atoms with Crippen LogP contribution in [0.25, 0.3) is 0 Å². The summed E-state index contributed by atoms with van der Waals surface area (Å²) in [4.78, 5) is 23.2. The van der Waals surface area contributed by atoms with Crippen LogP contribution < -0.4 is 5.32 Å². The zero-order valence-electron chi connectivity index (χ0n) is 11.3. The number of rotatable bonds is 5. The van der Waals surface area contributed by atoms with Crippen molar-refractivity contribution in [3.05, 3.63) is 0 Å². The lowest BCUT2D eigenvalue weighted by molar-refractivity contribution is -0.144. The van der Waals surface area contributed by atoms with Crippen LogP contribution in [0.2, 0.25) is 0 Å². The van der Waals surface area contributed by atoms with Gasteiger partial charge in [0.15, 0.2) is 0 Å². The molecule has 0 aromatic carbocycles. The van der Waals surface area contributed by atoms with Gasteiger partial charge in [-0.25, -0.2) is 4.79 Å². The maximum atomic E-state index is 11.9. The van der Waals surface area contributed by atoms with E-state index < -0.39 is 18.1 Å². The molecule has 1 unspecified atom stereocenters. The predicted octanol–water partition coefficient (Wildman–Crippen LogP) is 1.71. The van der Waals surface area contributed by atoms with E-state index in [4.69, 9.17) is 4.74 Å². The maximum Gasteiger partial charge on any atom is 0.326 e. The van der Waals surface area contributed by atoms with Gasteiger partial charge in [0.25, 0.3) is 0 Å². The first-order chi connectivity index (χ1) is 9.16. The number of amides is 1. The summed E-state index contributed by atoms with van der Waals surface area (Å²) in [6.45, 7) is 0.596. The van der Waals surface area contributed by atoms with E-state index in [1.54, 1.807) is 0 Å². The summed E-state index contributed by atoms with van der Waals surface area (Å²) in [5.74, 6) is -0.766. The van der Waals surface area contributed by atoms with Crippen LogP contribution in [-0.2, 0) is 14.3 Å². The van der Waals surface area contributed by atoms with Gasteiger partial charge in [0, 0.05) is 6.61 Å². The van der Waals surface area contributed by atoms with Crippen molar-refractivity contribution in [1.29, 1.82) is 0 Å². The third-order valence-corrected chi connectivity index (χ3v) is 4.13.